The Kier molecular flexibility index (Phi) is 4.66. The van der Waals surface area contributed by atoms with E-state index in [4.69, 9.17) is 4.74 Å². The van der Waals surface area contributed by atoms with Crippen molar-refractivity contribution in [2.75, 3.05) is 13.2 Å². The van der Waals surface area contributed by atoms with Crippen molar-refractivity contribution in [3.8, 4) is 0 Å². The molecule has 4 heteroatoms. The summed E-state index contributed by atoms with van der Waals surface area (Å²) in [5, 5.41) is 3.31. The first-order valence-electron chi connectivity index (χ1n) is 6.50. The summed E-state index contributed by atoms with van der Waals surface area (Å²) < 4.78 is 32.4. The van der Waals surface area contributed by atoms with Crippen LogP contribution in [-0.4, -0.2) is 25.3 Å². The van der Waals surface area contributed by atoms with E-state index in [1.165, 1.54) is 0 Å². The van der Waals surface area contributed by atoms with Crippen LogP contribution >= 0.6 is 0 Å². The van der Waals surface area contributed by atoms with Crippen molar-refractivity contribution in [2.45, 2.75) is 38.3 Å². The fourth-order valence-corrected chi connectivity index (χ4v) is 2.46. The predicted molar refractivity (Wildman–Crippen MR) is 66.5 cm³/mol. The van der Waals surface area contributed by atoms with Crippen LogP contribution in [0, 0.1) is 11.6 Å². The van der Waals surface area contributed by atoms with Crippen molar-refractivity contribution in [1.82, 2.24) is 5.32 Å². The van der Waals surface area contributed by atoms with Crippen LogP contribution in [0.5, 0.6) is 0 Å². The molecule has 1 aliphatic rings. The molecule has 2 rings (SSSR count). The minimum absolute atomic E-state index is 0.0498. The Morgan fingerprint density at radius 2 is 2.28 bits per heavy atom. The van der Waals surface area contributed by atoms with Gasteiger partial charge in [0.25, 0.3) is 0 Å². The highest BCUT2D eigenvalue weighted by Crippen LogP contribution is 2.20. The molecular weight excluding hydrogens is 236 g/mol. The van der Waals surface area contributed by atoms with Crippen molar-refractivity contribution in [2.24, 2.45) is 0 Å². The summed E-state index contributed by atoms with van der Waals surface area (Å²) >= 11 is 0. The Morgan fingerprint density at radius 3 is 2.94 bits per heavy atom. The molecule has 1 fully saturated rings. The first-order valence-corrected chi connectivity index (χ1v) is 6.50. The van der Waals surface area contributed by atoms with Crippen LogP contribution in [0.1, 0.15) is 25.3 Å². The normalized spacial score (nSPS) is 21.2. The largest absolute Gasteiger partial charge is 0.377 e. The number of nitrogens with one attached hydrogen (secondary N) is 1. The molecule has 1 aromatic carbocycles. The van der Waals surface area contributed by atoms with Crippen molar-refractivity contribution in [3.05, 3.63) is 35.4 Å². The highest BCUT2D eigenvalue weighted by molar-refractivity contribution is 5.20. The van der Waals surface area contributed by atoms with Gasteiger partial charge in [0.2, 0.25) is 0 Å². The SMILES string of the molecule is CCNC(Cc1cccc(F)c1F)C1CCCO1. The second-order valence-electron chi connectivity index (χ2n) is 4.63. The van der Waals surface area contributed by atoms with Gasteiger partial charge in [-0.1, -0.05) is 19.1 Å². The summed E-state index contributed by atoms with van der Waals surface area (Å²) in [6.07, 6.45) is 2.59. The topological polar surface area (TPSA) is 21.3 Å². The van der Waals surface area contributed by atoms with Crippen LogP contribution in [0.25, 0.3) is 0 Å². The number of rotatable bonds is 5. The molecule has 0 saturated carbocycles. The van der Waals surface area contributed by atoms with Gasteiger partial charge in [-0.2, -0.15) is 0 Å². The highest BCUT2D eigenvalue weighted by Gasteiger charge is 2.26. The maximum Gasteiger partial charge on any atom is 0.162 e. The molecule has 0 amide bonds. The van der Waals surface area contributed by atoms with E-state index in [9.17, 15) is 8.78 Å². The minimum atomic E-state index is -0.782. The molecule has 0 bridgehead atoms. The zero-order valence-electron chi connectivity index (χ0n) is 10.6. The Labute approximate surface area is 106 Å². The number of likely N-dealkylation sites (N-methyl/N-ethyl adjacent to an activating group) is 1. The van der Waals surface area contributed by atoms with Gasteiger partial charge < -0.3 is 10.1 Å². The fourth-order valence-electron chi connectivity index (χ4n) is 2.46. The predicted octanol–water partition coefficient (Wildman–Crippen LogP) is 2.66. The van der Waals surface area contributed by atoms with Crippen LogP contribution < -0.4 is 5.32 Å². The van der Waals surface area contributed by atoms with E-state index < -0.39 is 11.6 Å². The molecule has 1 heterocycles. The Bertz CT molecular complexity index is 391. The van der Waals surface area contributed by atoms with Crippen LogP contribution in [0.2, 0.25) is 0 Å². The average molecular weight is 255 g/mol. The van der Waals surface area contributed by atoms with E-state index in [-0.39, 0.29) is 12.1 Å². The Balaban J connectivity index is 2.10. The van der Waals surface area contributed by atoms with Gasteiger partial charge in [0, 0.05) is 12.6 Å². The van der Waals surface area contributed by atoms with Gasteiger partial charge in [-0.3, -0.25) is 0 Å². The lowest BCUT2D eigenvalue weighted by atomic mass is 9.99. The molecule has 2 atom stereocenters. The first kappa shape index (κ1) is 13.4. The molecule has 0 aromatic heterocycles. The number of halogens is 2. The molecule has 0 aliphatic carbocycles. The second kappa shape index (κ2) is 6.25. The van der Waals surface area contributed by atoms with Gasteiger partial charge in [0.1, 0.15) is 0 Å². The fraction of sp³-hybridized carbons (Fsp3) is 0.571. The summed E-state index contributed by atoms with van der Waals surface area (Å²) in [5.41, 5.74) is 0.413. The summed E-state index contributed by atoms with van der Waals surface area (Å²) in [6, 6.07) is 4.38. The summed E-state index contributed by atoms with van der Waals surface area (Å²) in [5.74, 6) is -1.52. The summed E-state index contributed by atoms with van der Waals surface area (Å²) in [7, 11) is 0. The molecule has 2 nitrogen and oxygen atoms in total. The maximum atomic E-state index is 13.6. The Hall–Kier alpha value is -1.00. The van der Waals surface area contributed by atoms with Crippen molar-refractivity contribution < 1.29 is 13.5 Å². The van der Waals surface area contributed by atoms with Gasteiger partial charge in [0.15, 0.2) is 11.6 Å². The first-order chi connectivity index (χ1) is 8.72. The molecule has 1 N–H and O–H groups in total. The van der Waals surface area contributed by atoms with E-state index in [2.05, 4.69) is 5.32 Å². The number of hydrogen-bond donors (Lipinski definition) is 1. The molecule has 100 valence electrons. The monoisotopic (exact) mass is 255 g/mol. The zero-order valence-corrected chi connectivity index (χ0v) is 10.6. The molecular formula is C14H19F2NO. The number of ether oxygens (including phenoxy) is 1. The van der Waals surface area contributed by atoms with E-state index in [1.807, 2.05) is 6.92 Å². The van der Waals surface area contributed by atoms with Crippen LogP contribution in [-0.2, 0) is 11.2 Å². The van der Waals surface area contributed by atoms with Crippen molar-refractivity contribution >= 4 is 0 Å². The van der Waals surface area contributed by atoms with Gasteiger partial charge in [-0.25, -0.2) is 8.78 Å². The summed E-state index contributed by atoms with van der Waals surface area (Å²) in [4.78, 5) is 0. The van der Waals surface area contributed by atoms with Crippen LogP contribution in [0.15, 0.2) is 18.2 Å². The van der Waals surface area contributed by atoms with Gasteiger partial charge >= 0.3 is 0 Å². The quantitative estimate of drug-likeness (QED) is 0.873. The van der Waals surface area contributed by atoms with Crippen LogP contribution in [0.3, 0.4) is 0 Å². The average Bonchev–Trinajstić information content (AvgIpc) is 2.88. The third-order valence-electron chi connectivity index (χ3n) is 3.35. The molecule has 1 saturated heterocycles. The van der Waals surface area contributed by atoms with Gasteiger partial charge in [-0.05, 0) is 37.4 Å². The molecule has 1 aliphatic heterocycles. The van der Waals surface area contributed by atoms with Crippen molar-refractivity contribution in [1.29, 1.82) is 0 Å². The standard InChI is InChI=1S/C14H19F2NO/c1-2-17-12(13-7-4-8-18-13)9-10-5-3-6-11(15)14(10)16/h3,5-6,12-13,17H,2,4,7-9H2,1H3. The third-order valence-corrected chi connectivity index (χ3v) is 3.35. The van der Waals surface area contributed by atoms with E-state index in [0.29, 0.717) is 12.0 Å². The number of hydrogen-bond acceptors (Lipinski definition) is 2. The van der Waals surface area contributed by atoms with Crippen molar-refractivity contribution in [3.63, 3.8) is 0 Å². The van der Waals surface area contributed by atoms with E-state index >= 15 is 0 Å². The molecule has 18 heavy (non-hydrogen) atoms. The van der Waals surface area contributed by atoms with Crippen LogP contribution in [0.4, 0.5) is 8.78 Å². The van der Waals surface area contributed by atoms with E-state index in [1.54, 1.807) is 12.1 Å². The molecule has 0 spiro atoms. The molecule has 2 unspecified atom stereocenters. The molecule has 0 radical (unpaired) electrons. The summed E-state index contributed by atoms with van der Waals surface area (Å²) in [6.45, 7) is 3.56. The molecule has 1 aromatic rings. The lowest BCUT2D eigenvalue weighted by molar-refractivity contribution is 0.0786. The van der Waals surface area contributed by atoms with Gasteiger partial charge in [0.05, 0.1) is 6.10 Å². The maximum absolute atomic E-state index is 13.6. The second-order valence-corrected chi connectivity index (χ2v) is 4.63. The lowest BCUT2D eigenvalue weighted by Crippen LogP contribution is -2.41. The smallest absolute Gasteiger partial charge is 0.162 e. The third kappa shape index (κ3) is 3.06. The lowest BCUT2D eigenvalue weighted by Gasteiger charge is -2.24. The zero-order chi connectivity index (χ0) is 13.0. The minimum Gasteiger partial charge on any atom is -0.377 e. The van der Waals surface area contributed by atoms with Gasteiger partial charge in [-0.15, -0.1) is 0 Å². The number of benzene rings is 1. The Morgan fingerprint density at radius 1 is 1.44 bits per heavy atom. The van der Waals surface area contributed by atoms with E-state index in [0.717, 1.165) is 32.1 Å². The highest BCUT2D eigenvalue weighted by atomic mass is 19.2.